The summed E-state index contributed by atoms with van der Waals surface area (Å²) in [7, 11) is 1.83. The van der Waals surface area contributed by atoms with Gasteiger partial charge in [-0.3, -0.25) is 4.79 Å². The third-order valence-corrected chi connectivity index (χ3v) is 5.95. The van der Waals surface area contributed by atoms with E-state index in [1.807, 2.05) is 42.1 Å². The summed E-state index contributed by atoms with van der Waals surface area (Å²) in [6.07, 6.45) is 2.15. The lowest BCUT2D eigenvalue weighted by Gasteiger charge is -2.29. The molecule has 1 saturated carbocycles. The first-order valence-corrected chi connectivity index (χ1v) is 10.9. The number of carbonyl (C=O) groups excluding carboxylic acids is 1. The Morgan fingerprint density at radius 1 is 1.03 bits per heavy atom. The number of nitrogens with zero attached hydrogens (tertiary/aromatic N) is 5. The van der Waals surface area contributed by atoms with Crippen LogP contribution >= 0.6 is 0 Å². The summed E-state index contributed by atoms with van der Waals surface area (Å²) < 4.78 is 7.26. The summed E-state index contributed by atoms with van der Waals surface area (Å²) in [6.45, 7) is 3.90. The van der Waals surface area contributed by atoms with E-state index >= 15 is 0 Å². The number of hydrogen-bond acceptors (Lipinski definition) is 5. The zero-order valence-electron chi connectivity index (χ0n) is 17.8. The molecule has 2 aromatic carbocycles. The van der Waals surface area contributed by atoms with Gasteiger partial charge in [-0.1, -0.05) is 35.5 Å². The number of anilines is 1. The first-order chi connectivity index (χ1) is 15.2. The fourth-order valence-electron chi connectivity index (χ4n) is 4.08. The van der Waals surface area contributed by atoms with E-state index in [0.29, 0.717) is 18.2 Å². The highest BCUT2D eigenvalue weighted by Gasteiger charge is 2.35. The van der Waals surface area contributed by atoms with Gasteiger partial charge in [0.1, 0.15) is 0 Å². The van der Waals surface area contributed by atoms with Crippen molar-refractivity contribution in [3.8, 4) is 5.69 Å². The van der Waals surface area contributed by atoms with Crippen LogP contribution in [-0.2, 0) is 11.3 Å². The van der Waals surface area contributed by atoms with Gasteiger partial charge in [0.05, 0.1) is 24.6 Å². The molecule has 2 fully saturated rings. The standard InChI is InChI=1S/C24H27N5O2/c1-27(17-18-7-11-20(12-8-18)28-13-15-31-16-14-28)24(30)22-23(19-9-10-19)29(26-25-22)21-5-3-2-4-6-21/h2-8,11-12,19H,9-10,13-17H2,1H3. The zero-order valence-corrected chi connectivity index (χ0v) is 17.8. The molecule has 1 amide bonds. The normalized spacial score (nSPS) is 16.4. The van der Waals surface area contributed by atoms with Gasteiger partial charge in [0.25, 0.3) is 5.91 Å². The maximum atomic E-state index is 13.2. The van der Waals surface area contributed by atoms with Crippen LogP contribution in [0.1, 0.15) is 40.5 Å². The smallest absolute Gasteiger partial charge is 0.276 e. The molecule has 0 spiro atoms. The van der Waals surface area contributed by atoms with E-state index in [4.69, 9.17) is 4.74 Å². The molecule has 1 aromatic heterocycles. The first kappa shape index (κ1) is 19.8. The predicted molar refractivity (Wildman–Crippen MR) is 119 cm³/mol. The van der Waals surface area contributed by atoms with Crippen LogP contribution in [0.4, 0.5) is 5.69 Å². The molecule has 2 aliphatic rings. The van der Waals surface area contributed by atoms with Gasteiger partial charge in [-0.25, -0.2) is 4.68 Å². The first-order valence-electron chi connectivity index (χ1n) is 10.9. The van der Waals surface area contributed by atoms with Gasteiger partial charge in [0.15, 0.2) is 5.69 Å². The van der Waals surface area contributed by atoms with Crippen molar-refractivity contribution < 1.29 is 9.53 Å². The molecular weight excluding hydrogens is 390 g/mol. The number of amides is 1. The zero-order chi connectivity index (χ0) is 21.2. The Kier molecular flexibility index (Phi) is 5.42. The van der Waals surface area contributed by atoms with Crippen molar-refractivity contribution in [2.45, 2.75) is 25.3 Å². The number of carbonyl (C=O) groups is 1. The summed E-state index contributed by atoms with van der Waals surface area (Å²) in [5.74, 6) is 0.275. The van der Waals surface area contributed by atoms with Gasteiger partial charge < -0.3 is 14.5 Å². The maximum absolute atomic E-state index is 13.2. The molecule has 1 aliphatic heterocycles. The summed E-state index contributed by atoms with van der Waals surface area (Å²) in [5, 5.41) is 8.62. The summed E-state index contributed by atoms with van der Waals surface area (Å²) in [4.78, 5) is 17.3. The van der Waals surface area contributed by atoms with Gasteiger partial charge >= 0.3 is 0 Å². The minimum absolute atomic E-state index is 0.0821. The number of ether oxygens (including phenoxy) is 1. The van der Waals surface area contributed by atoms with Crippen molar-refractivity contribution in [1.82, 2.24) is 19.9 Å². The molecule has 31 heavy (non-hydrogen) atoms. The average molecular weight is 418 g/mol. The highest BCUT2D eigenvalue weighted by Crippen LogP contribution is 2.42. The van der Waals surface area contributed by atoms with Crippen LogP contribution in [0.25, 0.3) is 5.69 Å². The van der Waals surface area contributed by atoms with Crippen LogP contribution in [0.3, 0.4) is 0 Å². The lowest BCUT2D eigenvalue weighted by molar-refractivity contribution is 0.0778. The second-order valence-electron chi connectivity index (χ2n) is 8.27. The molecule has 7 nitrogen and oxygen atoms in total. The molecular formula is C24H27N5O2. The van der Waals surface area contributed by atoms with E-state index in [1.54, 1.807) is 4.90 Å². The average Bonchev–Trinajstić information content (AvgIpc) is 3.58. The molecule has 160 valence electrons. The van der Waals surface area contributed by atoms with Crippen LogP contribution in [0.15, 0.2) is 54.6 Å². The van der Waals surface area contributed by atoms with Gasteiger partial charge in [0, 0.05) is 38.3 Å². The van der Waals surface area contributed by atoms with Crippen LogP contribution in [-0.4, -0.2) is 59.2 Å². The molecule has 7 heteroatoms. The predicted octanol–water partition coefficient (Wildman–Crippen LogP) is 3.25. The highest BCUT2D eigenvalue weighted by molar-refractivity contribution is 5.93. The number of benzene rings is 2. The van der Waals surface area contributed by atoms with E-state index in [0.717, 1.165) is 56.1 Å². The Bertz CT molecular complexity index is 1040. The molecule has 0 bridgehead atoms. The minimum Gasteiger partial charge on any atom is -0.378 e. The van der Waals surface area contributed by atoms with Crippen molar-refractivity contribution in [2.75, 3.05) is 38.3 Å². The molecule has 0 radical (unpaired) electrons. The molecule has 0 unspecified atom stereocenters. The highest BCUT2D eigenvalue weighted by atomic mass is 16.5. The maximum Gasteiger partial charge on any atom is 0.276 e. The van der Waals surface area contributed by atoms with Crippen LogP contribution in [0.2, 0.25) is 0 Å². The molecule has 1 aliphatic carbocycles. The van der Waals surface area contributed by atoms with Gasteiger partial charge in [0.2, 0.25) is 0 Å². The minimum atomic E-state index is -0.0821. The third-order valence-electron chi connectivity index (χ3n) is 5.95. The quantitative estimate of drug-likeness (QED) is 0.616. The molecule has 2 heterocycles. The number of para-hydroxylation sites is 1. The number of hydrogen-bond donors (Lipinski definition) is 0. The van der Waals surface area contributed by atoms with Gasteiger partial charge in [-0.2, -0.15) is 0 Å². The second-order valence-corrected chi connectivity index (χ2v) is 8.27. The van der Waals surface area contributed by atoms with Crippen molar-refractivity contribution in [3.05, 3.63) is 71.5 Å². The van der Waals surface area contributed by atoms with Crippen LogP contribution in [0.5, 0.6) is 0 Å². The van der Waals surface area contributed by atoms with Crippen LogP contribution < -0.4 is 4.90 Å². The third kappa shape index (κ3) is 4.18. The summed E-state index contributed by atoms with van der Waals surface area (Å²) in [6, 6.07) is 18.4. The SMILES string of the molecule is CN(Cc1ccc(N2CCOCC2)cc1)C(=O)c1nnn(-c2ccccc2)c1C1CC1. The number of aromatic nitrogens is 3. The van der Waals surface area contributed by atoms with E-state index in [1.165, 1.54) is 5.69 Å². The Hall–Kier alpha value is -3.19. The van der Waals surface area contributed by atoms with Gasteiger partial charge in [-0.15, -0.1) is 5.10 Å². The largest absolute Gasteiger partial charge is 0.378 e. The fourth-order valence-corrected chi connectivity index (χ4v) is 4.08. The molecule has 3 aromatic rings. The monoisotopic (exact) mass is 417 g/mol. The molecule has 0 atom stereocenters. The lowest BCUT2D eigenvalue weighted by atomic mass is 10.1. The van der Waals surface area contributed by atoms with Crippen molar-refractivity contribution in [3.63, 3.8) is 0 Å². The molecule has 0 N–H and O–H groups in total. The summed E-state index contributed by atoms with van der Waals surface area (Å²) in [5.41, 5.74) is 4.64. The lowest BCUT2D eigenvalue weighted by Crippen LogP contribution is -2.36. The van der Waals surface area contributed by atoms with E-state index in [2.05, 4.69) is 39.5 Å². The molecule has 5 rings (SSSR count). The van der Waals surface area contributed by atoms with Crippen molar-refractivity contribution in [2.24, 2.45) is 0 Å². The van der Waals surface area contributed by atoms with E-state index in [-0.39, 0.29) is 5.91 Å². The summed E-state index contributed by atoms with van der Waals surface area (Å²) >= 11 is 0. The van der Waals surface area contributed by atoms with Crippen molar-refractivity contribution >= 4 is 11.6 Å². The van der Waals surface area contributed by atoms with Gasteiger partial charge in [-0.05, 0) is 42.7 Å². The Balaban J connectivity index is 1.32. The fraction of sp³-hybridized carbons (Fsp3) is 0.375. The van der Waals surface area contributed by atoms with E-state index in [9.17, 15) is 4.79 Å². The number of rotatable bonds is 6. The molecule has 1 saturated heterocycles. The second kappa shape index (κ2) is 8.51. The number of morpholine rings is 1. The Morgan fingerprint density at radius 3 is 2.42 bits per heavy atom. The topological polar surface area (TPSA) is 63.5 Å². The Morgan fingerprint density at radius 2 is 1.74 bits per heavy atom. The Labute approximate surface area is 182 Å². The van der Waals surface area contributed by atoms with Crippen LogP contribution in [0, 0.1) is 0 Å². The van der Waals surface area contributed by atoms with E-state index < -0.39 is 0 Å². The van der Waals surface area contributed by atoms with Crippen molar-refractivity contribution in [1.29, 1.82) is 0 Å².